The minimum absolute atomic E-state index is 0.0133. The molecule has 6 nitrogen and oxygen atoms in total. The number of fused-ring (bicyclic) bond motifs is 1. The third kappa shape index (κ3) is 4.18. The maximum absolute atomic E-state index is 14.3. The normalized spacial score (nSPS) is 15.7. The predicted molar refractivity (Wildman–Crippen MR) is 99.8 cm³/mol. The highest BCUT2D eigenvalue weighted by Crippen LogP contribution is 2.33. The number of rotatable bonds is 6. The van der Waals surface area contributed by atoms with Crippen LogP contribution < -0.4 is 16.4 Å². The number of halogens is 4. The number of benzene rings is 1. The second-order valence-electron chi connectivity index (χ2n) is 7.48. The molecule has 2 aromatic rings. The van der Waals surface area contributed by atoms with E-state index < -0.39 is 23.5 Å². The molecule has 1 aromatic heterocycles. The molecular formula is C20H19F4N3O3. The van der Waals surface area contributed by atoms with E-state index in [0.29, 0.717) is 43.7 Å². The quantitative estimate of drug-likeness (QED) is 0.546. The van der Waals surface area contributed by atoms with E-state index in [1.165, 1.54) is 4.57 Å². The molecule has 160 valence electrons. The molecule has 10 heteroatoms. The lowest BCUT2D eigenvalue weighted by molar-refractivity contribution is -0.137. The van der Waals surface area contributed by atoms with Gasteiger partial charge in [0.05, 0.1) is 29.1 Å². The number of alkyl halides is 3. The van der Waals surface area contributed by atoms with E-state index in [1.54, 1.807) is 0 Å². The molecule has 4 rings (SSSR count). The van der Waals surface area contributed by atoms with E-state index in [1.807, 2.05) is 0 Å². The Balaban J connectivity index is 1.66. The van der Waals surface area contributed by atoms with Gasteiger partial charge in [-0.1, -0.05) is 0 Å². The number of nitrogens with one attached hydrogen (secondary N) is 2. The zero-order valence-corrected chi connectivity index (χ0v) is 15.8. The van der Waals surface area contributed by atoms with Gasteiger partial charge in [-0.2, -0.15) is 13.2 Å². The van der Waals surface area contributed by atoms with Crippen molar-refractivity contribution in [3.8, 4) is 0 Å². The maximum atomic E-state index is 14.3. The third-order valence-electron chi connectivity index (χ3n) is 5.19. The standard InChI is InChI=1S/C20H19F4N3O3/c21-13-8-12(20(22,23)24)5-6-14(13)25-15-9-17(28)27-7-1-2-16(27)18(15)19(29)26-30-10-11-3-4-11/h5-6,8-9,11,25H,1-4,7,10H2,(H,26,29). The number of amides is 1. The lowest BCUT2D eigenvalue weighted by atomic mass is 10.1. The fraction of sp³-hybridized carbons (Fsp3) is 0.400. The number of hydroxylamine groups is 1. The lowest BCUT2D eigenvalue weighted by Crippen LogP contribution is -2.30. The van der Waals surface area contributed by atoms with Crippen molar-refractivity contribution in [2.75, 3.05) is 11.9 Å². The molecule has 30 heavy (non-hydrogen) atoms. The molecule has 0 saturated heterocycles. The van der Waals surface area contributed by atoms with Gasteiger partial charge in [-0.05, 0) is 49.8 Å². The molecule has 1 aliphatic heterocycles. The van der Waals surface area contributed by atoms with Gasteiger partial charge in [0.2, 0.25) is 0 Å². The van der Waals surface area contributed by atoms with E-state index in [2.05, 4.69) is 10.8 Å². The molecule has 0 radical (unpaired) electrons. The average molecular weight is 425 g/mol. The Kier molecular flexibility index (Phi) is 5.27. The first-order valence-corrected chi connectivity index (χ1v) is 9.56. The summed E-state index contributed by atoms with van der Waals surface area (Å²) >= 11 is 0. The monoisotopic (exact) mass is 425 g/mol. The van der Waals surface area contributed by atoms with Gasteiger partial charge >= 0.3 is 6.18 Å². The Labute approximate surface area is 168 Å². The van der Waals surface area contributed by atoms with Crippen molar-refractivity contribution in [1.82, 2.24) is 10.0 Å². The Bertz CT molecular complexity index is 1040. The summed E-state index contributed by atoms with van der Waals surface area (Å²) in [6, 6.07) is 3.15. The largest absolute Gasteiger partial charge is 0.416 e. The number of anilines is 2. The molecule has 0 unspecified atom stereocenters. The maximum Gasteiger partial charge on any atom is 0.416 e. The van der Waals surface area contributed by atoms with Crippen LogP contribution in [0.1, 0.15) is 40.9 Å². The van der Waals surface area contributed by atoms with Gasteiger partial charge in [-0.25, -0.2) is 9.87 Å². The molecule has 0 spiro atoms. The molecule has 1 aliphatic carbocycles. The van der Waals surface area contributed by atoms with Crippen LogP contribution in [0.5, 0.6) is 0 Å². The van der Waals surface area contributed by atoms with Crippen molar-refractivity contribution in [1.29, 1.82) is 0 Å². The summed E-state index contributed by atoms with van der Waals surface area (Å²) in [6.45, 7) is 0.823. The highest BCUT2D eigenvalue weighted by atomic mass is 19.4. The van der Waals surface area contributed by atoms with Gasteiger partial charge in [0.15, 0.2) is 0 Å². The van der Waals surface area contributed by atoms with Gasteiger partial charge < -0.3 is 9.88 Å². The SMILES string of the molecule is O=C(NOCC1CC1)c1c(Nc2ccc(C(F)(F)F)cc2F)cc(=O)n2c1CCC2. The van der Waals surface area contributed by atoms with Crippen molar-refractivity contribution in [2.24, 2.45) is 5.92 Å². The fourth-order valence-corrected chi connectivity index (χ4v) is 3.46. The van der Waals surface area contributed by atoms with Crippen LogP contribution >= 0.6 is 0 Å². The minimum atomic E-state index is -4.68. The molecule has 1 amide bonds. The van der Waals surface area contributed by atoms with Crippen LogP contribution in [0.15, 0.2) is 29.1 Å². The van der Waals surface area contributed by atoms with E-state index >= 15 is 0 Å². The number of nitrogens with zero attached hydrogens (tertiary/aromatic N) is 1. The third-order valence-corrected chi connectivity index (χ3v) is 5.19. The summed E-state index contributed by atoms with van der Waals surface area (Å²) < 4.78 is 54.1. The van der Waals surface area contributed by atoms with Gasteiger partial charge in [0, 0.05) is 18.3 Å². The van der Waals surface area contributed by atoms with E-state index in [4.69, 9.17) is 4.84 Å². The average Bonchev–Trinajstić information content (AvgIpc) is 3.36. The molecule has 1 saturated carbocycles. The number of aromatic nitrogens is 1. The Morgan fingerprint density at radius 2 is 1.97 bits per heavy atom. The number of carbonyl (C=O) groups excluding carboxylic acids is 1. The second kappa shape index (κ2) is 7.75. The summed E-state index contributed by atoms with van der Waals surface area (Å²) in [5.74, 6) is -1.34. The number of hydrogen-bond donors (Lipinski definition) is 2. The first-order chi connectivity index (χ1) is 14.2. The van der Waals surface area contributed by atoms with Gasteiger partial charge in [0.1, 0.15) is 5.82 Å². The zero-order chi connectivity index (χ0) is 21.5. The topological polar surface area (TPSA) is 72.4 Å². The summed E-state index contributed by atoms with van der Waals surface area (Å²) in [6.07, 6.45) is -1.49. The number of pyridine rings is 1. The molecule has 1 aromatic carbocycles. The molecule has 2 heterocycles. The van der Waals surface area contributed by atoms with E-state index in [0.717, 1.165) is 31.0 Å². The molecule has 2 aliphatic rings. The smallest absolute Gasteiger partial charge is 0.352 e. The van der Waals surface area contributed by atoms with Gasteiger partial charge in [-0.15, -0.1) is 0 Å². The first-order valence-electron chi connectivity index (χ1n) is 9.56. The fourth-order valence-electron chi connectivity index (χ4n) is 3.46. The highest BCUT2D eigenvalue weighted by Gasteiger charge is 2.31. The van der Waals surface area contributed by atoms with Crippen molar-refractivity contribution < 1.29 is 27.2 Å². The summed E-state index contributed by atoms with van der Waals surface area (Å²) in [4.78, 5) is 30.4. The van der Waals surface area contributed by atoms with Crippen LogP contribution in [0.3, 0.4) is 0 Å². The lowest BCUT2D eigenvalue weighted by Gasteiger charge is -2.17. The van der Waals surface area contributed by atoms with E-state index in [-0.39, 0.29) is 22.5 Å². The number of carbonyl (C=O) groups is 1. The molecule has 1 fully saturated rings. The summed E-state index contributed by atoms with van der Waals surface area (Å²) in [5.41, 5.74) is 1.16. The van der Waals surface area contributed by atoms with Gasteiger partial charge in [-0.3, -0.25) is 14.4 Å². The van der Waals surface area contributed by atoms with Gasteiger partial charge in [0.25, 0.3) is 11.5 Å². The predicted octanol–water partition coefficient (Wildman–Crippen LogP) is 3.77. The van der Waals surface area contributed by atoms with Crippen molar-refractivity contribution in [2.45, 2.75) is 38.4 Å². The van der Waals surface area contributed by atoms with Crippen molar-refractivity contribution in [3.05, 3.63) is 57.3 Å². The number of hydrogen-bond acceptors (Lipinski definition) is 4. The van der Waals surface area contributed by atoms with Crippen LogP contribution in [-0.4, -0.2) is 17.1 Å². The van der Waals surface area contributed by atoms with Crippen molar-refractivity contribution in [3.63, 3.8) is 0 Å². The Morgan fingerprint density at radius 3 is 2.63 bits per heavy atom. The highest BCUT2D eigenvalue weighted by molar-refractivity contribution is 6.01. The summed E-state index contributed by atoms with van der Waals surface area (Å²) in [7, 11) is 0. The minimum Gasteiger partial charge on any atom is -0.352 e. The van der Waals surface area contributed by atoms with Crippen LogP contribution in [0.25, 0.3) is 0 Å². The van der Waals surface area contributed by atoms with E-state index in [9.17, 15) is 27.2 Å². The van der Waals surface area contributed by atoms with Crippen LogP contribution in [-0.2, 0) is 24.0 Å². The first kappa shape index (κ1) is 20.4. The van der Waals surface area contributed by atoms with Crippen molar-refractivity contribution >= 4 is 17.3 Å². The Hall–Kier alpha value is -2.88. The zero-order valence-electron chi connectivity index (χ0n) is 15.8. The Morgan fingerprint density at radius 1 is 1.20 bits per heavy atom. The summed E-state index contributed by atoms with van der Waals surface area (Å²) in [5, 5.41) is 2.61. The molecule has 2 N–H and O–H groups in total. The van der Waals surface area contributed by atoms with Crippen LogP contribution in [0.4, 0.5) is 28.9 Å². The van der Waals surface area contributed by atoms with Crippen LogP contribution in [0.2, 0.25) is 0 Å². The second-order valence-corrected chi connectivity index (χ2v) is 7.48. The molecule has 0 atom stereocenters. The molecular weight excluding hydrogens is 406 g/mol. The van der Waals surface area contributed by atoms with Crippen LogP contribution in [0, 0.1) is 11.7 Å². The molecule has 0 bridgehead atoms.